The number of nitrogens with zero attached hydrogens (tertiary/aromatic N) is 3. The van der Waals surface area contributed by atoms with Crippen molar-refractivity contribution in [1.29, 1.82) is 5.26 Å². The van der Waals surface area contributed by atoms with Crippen LogP contribution in [-0.2, 0) is 13.1 Å². The molecule has 0 unspecified atom stereocenters. The number of rotatable bonds is 5. The van der Waals surface area contributed by atoms with Gasteiger partial charge in [-0.1, -0.05) is 24.6 Å². The SMILES string of the molecule is CCN(Cc1ccc(Cl)s1)Cc1cn2ccccc2c1C#N. The Morgan fingerprint density at radius 3 is 2.82 bits per heavy atom. The molecule has 3 aromatic rings. The summed E-state index contributed by atoms with van der Waals surface area (Å²) in [6.07, 6.45) is 4.03. The van der Waals surface area contributed by atoms with Crippen molar-refractivity contribution in [2.45, 2.75) is 20.0 Å². The smallest absolute Gasteiger partial charge is 0.102 e. The number of nitriles is 1. The fraction of sp³-hybridized carbons (Fsp3) is 0.235. The van der Waals surface area contributed by atoms with E-state index < -0.39 is 0 Å². The summed E-state index contributed by atoms with van der Waals surface area (Å²) in [6, 6.07) is 12.3. The normalized spacial score (nSPS) is 11.2. The Kier molecular flexibility index (Phi) is 4.49. The summed E-state index contributed by atoms with van der Waals surface area (Å²) in [7, 11) is 0. The van der Waals surface area contributed by atoms with Crippen LogP contribution in [0.25, 0.3) is 5.52 Å². The highest BCUT2D eigenvalue weighted by atomic mass is 35.5. The Hall–Kier alpha value is -1.80. The van der Waals surface area contributed by atoms with Gasteiger partial charge in [-0.05, 0) is 30.8 Å². The summed E-state index contributed by atoms with van der Waals surface area (Å²) in [5.41, 5.74) is 2.80. The maximum atomic E-state index is 9.49. The van der Waals surface area contributed by atoms with Gasteiger partial charge in [-0.25, -0.2) is 0 Å². The van der Waals surface area contributed by atoms with Gasteiger partial charge in [-0.3, -0.25) is 4.90 Å². The predicted octanol–water partition coefficient (Wildman–Crippen LogP) is 4.55. The highest BCUT2D eigenvalue weighted by Gasteiger charge is 2.14. The van der Waals surface area contributed by atoms with Crippen LogP contribution >= 0.6 is 22.9 Å². The zero-order valence-electron chi connectivity index (χ0n) is 12.3. The molecule has 0 aromatic carbocycles. The molecule has 0 fully saturated rings. The molecule has 22 heavy (non-hydrogen) atoms. The van der Waals surface area contributed by atoms with E-state index in [9.17, 15) is 5.26 Å². The van der Waals surface area contributed by atoms with Crippen LogP contribution in [0.4, 0.5) is 0 Å². The molecule has 0 amide bonds. The van der Waals surface area contributed by atoms with Crippen LogP contribution in [0.2, 0.25) is 4.34 Å². The number of pyridine rings is 1. The monoisotopic (exact) mass is 329 g/mol. The Morgan fingerprint density at radius 2 is 2.14 bits per heavy atom. The lowest BCUT2D eigenvalue weighted by Crippen LogP contribution is -2.21. The highest BCUT2D eigenvalue weighted by Crippen LogP contribution is 2.24. The maximum absolute atomic E-state index is 9.49. The third-order valence-corrected chi connectivity index (χ3v) is 4.94. The first-order valence-corrected chi connectivity index (χ1v) is 8.36. The number of fused-ring (bicyclic) bond motifs is 1. The van der Waals surface area contributed by atoms with Crippen LogP contribution in [-0.4, -0.2) is 15.8 Å². The van der Waals surface area contributed by atoms with E-state index in [1.165, 1.54) is 4.88 Å². The standard InChI is InChI=1S/C17H16ClN3S/c1-2-20(12-14-6-7-17(18)22-14)10-13-11-21-8-4-3-5-16(21)15(13)9-19/h3-8,11H,2,10,12H2,1H3. The van der Waals surface area contributed by atoms with Crippen molar-refractivity contribution in [2.75, 3.05) is 6.54 Å². The topological polar surface area (TPSA) is 31.4 Å². The fourth-order valence-electron chi connectivity index (χ4n) is 2.60. The van der Waals surface area contributed by atoms with Crippen molar-refractivity contribution < 1.29 is 0 Å². The molecule has 0 aliphatic rings. The van der Waals surface area contributed by atoms with Crippen LogP contribution in [0, 0.1) is 11.3 Å². The lowest BCUT2D eigenvalue weighted by atomic mass is 10.1. The third kappa shape index (κ3) is 3.02. The average Bonchev–Trinajstić information content (AvgIpc) is 3.09. The third-order valence-electron chi connectivity index (χ3n) is 3.72. The first kappa shape index (κ1) is 15.1. The summed E-state index contributed by atoms with van der Waals surface area (Å²) in [4.78, 5) is 3.56. The maximum Gasteiger partial charge on any atom is 0.102 e. The van der Waals surface area contributed by atoms with Gasteiger partial charge in [-0.2, -0.15) is 5.26 Å². The molecule has 0 atom stereocenters. The van der Waals surface area contributed by atoms with Crippen molar-refractivity contribution in [3.05, 3.63) is 63.1 Å². The van der Waals surface area contributed by atoms with Crippen LogP contribution in [0.15, 0.2) is 42.7 Å². The second-order valence-corrected chi connectivity index (χ2v) is 6.94. The summed E-state index contributed by atoms with van der Waals surface area (Å²) >= 11 is 7.61. The van der Waals surface area contributed by atoms with Gasteiger partial charge in [0.15, 0.2) is 0 Å². The van der Waals surface area contributed by atoms with Gasteiger partial charge in [0, 0.05) is 35.9 Å². The number of aromatic nitrogens is 1. The molecule has 0 radical (unpaired) electrons. The molecule has 0 saturated carbocycles. The lowest BCUT2D eigenvalue weighted by molar-refractivity contribution is 0.274. The van der Waals surface area contributed by atoms with Crippen LogP contribution < -0.4 is 0 Å². The van der Waals surface area contributed by atoms with E-state index in [1.54, 1.807) is 11.3 Å². The molecule has 0 aliphatic carbocycles. The van der Waals surface area contributed by atoms with E-state index in [0.717, 1.165) is 40.6 Å². The number of hydrogen-bond acceptors (Lipinski definition) is 3. The summed E-state index contributed by atoms with van der Waals surface area (Å²) in [5, 5.41) is 9.49. The van der Waals surface area contributed by atoms with E-state index in [1.807, 2.05) is 34.9 Å². The van der Waals surface area contributed by atoms with Crippen molar-refractivity contribution in [3.8, 4) is 6.07 Å². The first-order chi connectivity index (χ1) is 10.7. The molecular weight excluding hydrogens is 314 g/mol. The second-order valence-electron chi connectivity index (χ2n) is 5.14. The molecule has 0 spiro atoms. The number of halogens is 1. The molecular formula is C17H16ClN3S. The van der Waals surface area contributed by atoms with Gasteiger partial charge in [0.05, 0.1) is 15.4 Å². The minimum atomic E-state index is 0.761. The van der Waals surface area contributed by atoms with Crippen molar-refractivity contribution in [1.82, 2.24) is 9.30 Å². The average molecular weight is 330 g/mol. The van der Waals surface area contributed by atoms with E-state index in [2.05, 4.69) is 30.2 Å². The number of hydrogen-bond donors (Lipinski definition) is 0. The van der Waals surface area contributed by atoms with Gasteiger partial charge in [0.1, 0.15) is 6.07 Å². The van der Waals surface area contributed by atoms with Crippen molar-refractivity contribution >= 4 is 28.5 Å². The van der Waals surface area contributed by atoms with Crippen LogP contribution in [0.1, 0.15) is 22.9 Å². The molecule has 3 rings (SSSR count). The molecule has 3 nitrogen and oxygen atoms in total. The molecule has 5 heteroatoms. The van der Waals surface area contributed by atoms with Crippen LogP contribution in [0.3, 0.4) is 0 Å². The predicted molar refractivity (Wildman–Crippen MR) is 91.2 cm³/mol. The zero-order valence-corrected chi connectivity index (χ0v) is 13.9. The zero-order chi connectivity index (χ0) is 15.5. The van der Waals surface area contributed by atoms with Crippen LogP contribution in [0.5, 0.6) is 0 Å². The Labute approximate surface area is 139 Å². The largest absolute Gasteiger partial charge is 0.322 e. The molecule has 0 N–H and O–H groups in total. The quantitative estimate of drug-likeness (QED) is 0.687. The van der Waals surface area contributed by atoms with E-state index in [0.29, 0.717) is 0 Å². The lowest BCUT2D eigenvalue weighted by Gasteiger charge is -2.19. The Morgan fingerprint density at radius 1 is 1.27 bits per heavy atom. The second kappa shape index (κ2) is 6.53. The Balaban J connectivity index is 1.86. The molecule has 0 bridgehead atoms. The van der Waals surface area contributed by atoms with Crippen molar-refractivity contribution in [2.24, 2.45) is 0 Å². The van der Waals surface area contributed by atoms with E-state index >= 15 is 0 Å². The minimum absolute atomic E-state index is 0.761. The summed E-state index contributed by atoms with van der Waals surface area (Å²) in [6.45, 7) is 4.67. The molecule has 112 valence electrons. The van der Waals surface area contributed by atoms with Gasteiger partial charge >= 0.3 is 0 Å². The summed E-state index contributed by atoms with van der Waals surface area (Å²) < 4.78 is 2.84. The molecule has 0 saturated heterocycles. The van der Waals surface area contributed by atoms with E-state index in [-0.39, 0.29) is 0 Å². The first-order valence-electron chi connectivity index (χ1n) is 7.16. The molecule has 0 aliphatic heterocycles. The summed E-state index contributed by atoms with van der Waals surface area (Å²) in [5.74, 6) is 0. The van der Waals surface area contributed by atoms with Gasteiger partial charge in [0.2, 0.25) is 0 Å². The molecule has 3 heterocycles. The highest BCUT2D eigenvalue weighted by molar-refractivity contribution is 7.16. The Bertz CT molecular complexity index is 828. The van der Waals surface area contributed by atoms with Gasteiger partial charge in [-0.15, -0.1) is 11.3 Å². The fourth-order valence-corrected chi connectivity index (χ4v) is 3.73. The minimum Gasteiger partial charge on any atom is -0.322 e. The molecule has 3 aromatic heterocycles. The van der Waals surface area contributed by atoms with E-state index in [4.69, 9.17) is 11.6 Å². The number of thiophene rings is 1. The van der Waals surface area contributed by atoms with Gasteiger partial charge in [0.25, 0.3) is 0 Å². The van der Waals surface area contributed by atoms with Crippen molar-refractivity contribution in [3.63, 3.8) is 0 Å². The van der Waals surface area contributed by atoms with Gasteiger partial charge < -0.3 is 4.40 Å².